The summed E-state index contributed by atoms with van der Waals surface area (Å²) in [5, 5.41) is 8.21. The van der Waals surface area contributed by atoms with E-state index in [1.165, 1.54) is 6.20 Å². The summed E-state index contributed by atoms with van der Waals surface area (Å²) in [6.45, 7) is 0.643. The van der Waals surface area contributed by atoms with Gasteiger partial charge in [0.25, 0.3) is 0 Å². The molecule has 3 heteroatoms. The molecule has 0 aromatic heterocycles. The summed E-state index contributed by atoms with van der Waals surface area (Å²) >= 11 is 0. The van der Waals surface area contributed by atoms with Crippen LogP contribution < -0.4 is 5.48 Å². The monoisotopic (exact) mass is 124 g/mol. The minimum absolute atomic E-state index is 0.643. The molecule has 1 heterocycles. The molecule has 9 heavy (non-hydrogen) atoms. The molecule has 1 aliphatic heterocycles. The SMILES string of the molecule is ONC=C1C=CC=NC1. The average Bonchev–Trinajstić information content (AvgIpc) is 1.91. The van der Waals surface area contributed by atoms with E-state index >= 15 is 0 Å². The van der Waals surface area contributed by atoms with Gasteiger partial charge < -0.3 is 0 Å². The first kappa shape index (κ1) is 6.04. The van der Waals surface area contributed by atoms with Crippen molar-refractivity contribution in [1.29, 1.82) is 0 Å². The van der Waals surface area contributed by atoms with Crippen LogP contribution in [0.2, 0.25) is 0 Å². The number of nitrogens with one attached hydrogen (secondary N) is 1. The zero-order valence-electron chi connectivity index (χ0n) is 4.91. The molecule has 0 fully saturated rings. The van der Waals surface area contributed by atoms with Crippen molar-refractivity contribution in [2.45, 2.75) is 0 Å². The number of hydrogen-bond donors (Lipinski definition) is 2. The smallest absolute Gasteiger partial charge is 0.0654 e. The van der Waals surface area contributed by atoms with Crippen molar-refractivity contribution in [3.8, 4) is 0 Å². The maximum Gasteiger partial charge on any atom is 0.0654 e. The molecule has 0 aliphatic carbocycles. The fourth-order valence-electron chi connectivity index (χ4n) is 0.615. The predicted octanol–water partition coefficient (Wildman–Crippen LogP) is 0.490. The van der Waals surface area contributed by atoms with Crippen LogP contribution in [0.1, 0.15) is 0 Å². The van der Waals surface area contributed by atoms with Crippen LogP contribution in [0.15, 0.2) is 28.9 Å². The Hall–Kier alpha value is -1.09. The summed E-state index contributed by atoms with van der Waals surface area (Å²) in [6.07, 6.45) is 6.95. The van der Waals surface area contributed by atoms with E-state index in [1.807, 2.05) is 17.6 Å². The second-order valence-corrected chi connectivity index (χ2v) is 1.70. The summed E-state index contributed by atoms with van der Waals surface area (Å²) in [5.74, 6) is 0. The van der Waals surface area contributed by atoms with Crippen LogP contribution in [0.25, 0.3) is 0 Å². The van der Waals surface area contributed by atoms with Gasteiger partial charge in [0, 0.05) is 12.4 Å². The second-order valence-electron chi connectivity index (χ2n) is 1.70. The van der Waals surface area contributed by atoms with Crippen LogP contribution in [0.4, 0.5) is 0 Å². The minimum Gasteiger partial charge on any atom is -0.292 e. The minimum atomic E-state index is 0.643. The van der Waals surface area contributed by atoms with E-state index in [-0.39, 0.29) is 0 Å². The van der Waals surface area contributed by atoms with Crippen LogP contribution in [-0.2, 0) is 0 Å². The average molecular weight is 124 g/mol. The predicted molar refractivity (Wildman–Crippen MR) is 35.5 cm³/mol. The molecule has 0 atom stereocenters. The lowest BCUT2D eigenvalue weighted by Gasteiger charge is -1.99. The van der Waals surface area contributed by atoms with Gasteiger partial charge in [-0.2, -0.15) is 0 Å². The number of allylic oxidation sites excluding steroid dienone is 1. The third-order valence-corrected chi connectivity index (χ3v) is 1.03. The van der Waals surface area contributed by atoms with Crippen molar-refractivity contribution in [3.05, 3.63) is 23.9 Å². The summed E-state index contributed by atoms with van der Waals surface area (Å²) < 4.78 is 0. The summed E-state index contributed by atoms with van der Waals surface area (Å²) in [7, 11) is 0. The van der Waals surface area contributed by atoms with E-state index in [9.17, 15) is 0 Å². The van der Waals surface area contributed by atoms with E-state index < -0.39 is 0 Å². The van der Waals surface area contributed by atoms with Crippen molar-refractivity contribution < 1.29 is 5.21 Å². The van der Waals surface area contributed by atoms with E-state index in [4.69, 9.17) is 5.21 Å². The Kier molecular flexibility index (Phi) is 2.04. The van der Waals surface area contributed by atoms with Crippen molar-refractivity contribution in [3.63, 3.8) is 0 Å². The number of aliphatic imine (C=N–C) groups is 1. The molecule has 2 N–H and O–H groups in total. The molecule has 0 saturated carbocycles. The quantitative estimate of drug-likeness (QED) is 0.499. The third-order valence-electron chi connectivity index (χ3n) is 1.03. The van der Waals surface area contributed by atoms with Crippen molar-refractivity contribution >= 4 is 6.21 Å². The molecule has 0 bridgehead atoms. The fourth-order valence-corrected chi connectivity index (χ4v) is 0.615. The molecule has 1 aliphatic rings. The molecular formula is C6H8N2O. The Morgan fingerprint density at radius 2 is 2.67 bits per heavy atom. The number of rotatable bonds is 1. The molecule has 0 aromatic rings. The first-order valence-corrected chi connectivity index (χ1v) is 2.68. The Morgan fingerprint density at radius 1 is 1.78 bits per heavy atom. The fraction of sp³-hybridized carbons (Fsp3) is 0.167. The van der Waals surface area contributed by atoms with Crippen LogP contribution in [0, 0.1) is 0 Å². The third kappa shape index (κ3) is 1.70. The van der Waals surface area contributed by atoms with Crippen molar-refractivity contribution in [1.82, 2.24) is 5.48 Å². The van der Waals surface area contributed by atoms with E-state index in [2.05, 4.69) is 4.99 Å². The van der Waals surface area contributed by atoms with E-state index in [1.54, 1.807) is 6.21 Å². The molecule has 0 amide bonds. The molecule has 48 valence electrons. The number of nitrogens with zero attached hydrogens (tertiary/aromatic N) is 1. The molecule has 1 rings (SSSR count). The van der Waals surface area contributed by atoms with Gasteiger partial charge >= 0.3 is 0 Å². The first-order chi connectivity index (χ1) is 4.43. The van der Waals surface area contributed by atoms with Crippen LogP contribution in [0.3, 0.4) is 0 Å². The number of dihydropyridines is 1. The van der Waals surface area contributed by atoms with Gasteiger partial charge in [-0.3, -0.25) is 15.7 Å². The molecule has 0 aromatic carbocycles. The van der Waals surface area contributed by atoms with Gasteiger partial charge in [-0.25, -0.2) is 0 Å². The first-order valence-electron chi connectivity index (χ1n) is 2.68. The molecule has 0 radical (unpaired) electrons. The maximum atomic E-state index is 8.21. The zero-order chi connectivity index (χ0) is 6.53. The van der Waals surface area contributed by atoms with Gasteiger partial charge in [-0.05, 0) is 11.6 Å². The molecular weight excluding hydrogens is 116 g/mol. The molecule has 0 spiro atoms. The van der Waals surface area contributed by atoms with Gasteiger partial charge in [0.1, 0.15) is 0 Å². The lowest BCUT2D eigenvalue weighted by Crippen LogP contribution is -2.00. The molecule has 3 nitrogen and oxygen atoms in total. The van der Waals surface area contributed by atoms with Crippen molar-refractivity contribution in [2.75, 3.05) is 6.54 Å². The maximum absolute atomic E-state index is 8.21. The lowest BCUT2D eigenvalue weighted by atomic mass is 10.2. The largest absolute Gasteiger partial charge is 0.292 e. The summed E-state index contributed by atoms with van der Waals surface area (Å²) in [6, 6.07) is 0. The van der Waals surface area contributed by atoms with Crippen LogP contribution in [-0.4, -0.2) is 18.0 Å². The lowest BCUT2D eigenvalue weighted by molar-refractivity contribution is 0.213. The van der Waals surface area contributed by atoms with Gasteiger partial charge in [0.05, 0.1) is 6.54 Å². The highest BCUT2D eigenvalue weighted by molar-refractivity contribution is 5.73. The van der Waals surface area contributed by atoms with Gasteiger partial charge in [0.2, 0.25) is 0 Å². The molecule has 0 saturated heterocycles. The van der Waals surface area contributed by atoms with Gasteiger partial charge in [-0.1, -0.05) is 6.08 Å². The van der Waals surface area contributed by atoms with Gasteiger partial charge in [-0.15, -0.1) is 0 Å². The Morgan fingerprint density at radius 3 is 3.22 bits per heavy atom. The summed E-state index contributed by atoms with van der Waals surface area (Å²) in [5.41, 5.74) is 2.92. The molecule has 0 unspecified atom stereocenters. The Bertz CT molecular complexity index is 170. The standard InChI is InChI=1S/C6H8N2O/c9-8-5-6-2-1-3-7-4-6/h1-3,5,8-9H,4H2. The Labute approximate surface area is 53.4 Å². The highest BCUT2D eigenvalue weighted by Crippen LogP contribution is 1.98. The van der Waals surface area contributed by atoms with Crippen LogP contribution in [0.5, 0.6) is 0 Å². The van der Waals surface area contributed by atoms with E-state index in [0.29, 0.717) is 6.54 Å². The van der Waals surface area contributed by atoms with Gasteiger partial charge in [0.15, 0.2) is 0 Å². The number of hydrogen-bond acceptors (Lipinski definition) is 3. The highest BCUT2D eigenvalue weighted by Gasteiger charge is 1.90. The number of hydroxylamine groups is 1. The van der Waals surface area contributed by atoms with E-state index in [0.717, 1.165) is 5.57 Å². The highest BCUT2D eigenvalue weighted by atomic mass is 16.5. The second kappa shape index (κ2) is 3.04. The summed E-state index contributed by atoms with van der Waals surface area (Å²) in [4.78, 5) is 3.95. The Balaban J connectivity index is 2.55. The van der Waals surface area contributed by atoms with Crippen LogP contribution >= 0.6 is 0 Å². The topological polar surface area (TPSA) is 44.6 Å². The normalized spacial score (nSPS) is 20.8. The van der Waals surface area contributed by atoms with Crippen molar-refractivity contribution in [2.24, 2.45) is 4.99 Å². The zero-order valence-corrected chi connectivity index (χ0v) is 4.91.